The number of nitrogen functional groups attached to an aromatic ring is 1. The number of rotatable bonds is 5. The third-order valence-electron chi connectivity index (χ3n) is 4.01. The van der Waals surface area contributed by atoms with E-state index in [0.29, 0.717) is 33.1 Å². The molecule has 1 aliphatic rings. The van der Waals surface area contributed by atoms with Gasteiger partial charge in [0.2, 0.25) is 17.6 Å². The molecule has 2 N–H and O–H groups in total. The lowest BCUT2D eigenvalue weighted by Crippen LogP contribution is -2.27. The molecule has 0 saturated carbocycles. The fourth-order valence-corrected chi connectivity index (χ4v) is 3.64. The monoisotopic (exact) mass is 442 g/mol. The maximum atomic E-state index is 12.5. The highest BCUT2D eigenvalue weighted by molar-refractivity contribution is 9.10. The van der Waals surface area contributed by atoms with Crippen molar-refractivity contribution < 1.29 is 19.0 Å². The minimum atomic E-state index is -0.151. The second-order valence-corrected chi connectivity index (χ2v) is 6.60. The molecule has 0 bridgehead atoms. The number of methoxy groups -OCH3 is 3. The maximum absolute atomic E-state index is 12.5. The van der Waals surface area contributed by atoms with Crippen LogP contribution in [0.5, 0.6) is 17.2 Å². The van der Waals surface area contributed by atoms with Crippen LogP contribution in [0.25, 0.3) is 0 Å². The minimum Gasteiger partial charge on any atom is -0.493 e. The molecule has 0 atom stereocenters. The maximum Gasteiger partial charge on any atom is 0.233 e. The molecule has 0 unspecified atom stereocenters. The van der Waals surface area contributed by atoms with Gasteiger partial charge in [-0.05, 0) is 27.6 Å². The number of hydrogen-bond acceptors (Lipinski definition) is 7. The first-order valence-electron chi connectivity index (χ1n) is 7.50. The van der Waals surface area contributed by atoms with E-state index in [2.05, 4.69) is 25.9 Å². The van der Waals surface area contributed by atoms with Gasteiger partial charge in [0, 0.05) is 5.56 Å². The number of carbonyl (C=O) groups is 1. The van der Waals surface area contributed by atoms with Gasteiger partial charge in [0.25, 0.3) is 0 Å². The highest BCUT2D eigenvalue weighted by Crippen LogP contribution is 2.45. The number of benzene rings is 1. The Morgan fingerprint density at radius 2 is 1.92 bits per heavy atom. The van der Waals surface area contributed by atoms with Gasteiger partial charge in [-0.3, -0.25) is 9.69 Å². The molecular weight excluding hydrogens is 428 g/mol. The molecule has 1 aromatic heterocycles. The molecule has 0 spiro atoms. The van der Waals surface area contributed by atoms with Crippen LogP contribution in [0.4, 0.5) is 11.8 Å². The second-order valence-electron chi connectivity index (χ2n) is 5.45. The first-order chi connectivity index (χ1) is 12.4. The van der Waals surface area contributed by atoms with Gasteiger partial charge in [-0.15, -0.1) is 0 Å². The van der Waals surface area contributed by atoms with Crippen molar-refractivity contribution in [2.45, 2.75) is 13.0 Å². The van der Waals surface area contributed by atoms with Crippen LogP contribution in [-0.2, 0) is 17.8 Å². The number of nitrogens with zero attached hydrogens (tertiary/aromatic N) is 3. The highest BCUT2D eigenvalue weighted by atomic mass is 79.9. The van der Waals surface area contributed by atoms with Crippen LogP contribution in [0.2, 0.25) is 5.15 Å². The molecular formula is C16H16BrClN4O4. The molecule has 1 amide bonds. The van der Waals surface area contributed by atoms with Gasteiger partial charge in [-0.1, -0.05) is 11.6 Å². The number of hydrogen-bond donors (Lipinski definition) is 1. The predicted octanol–water partition coefficient (Wildman–Crippen LogP) is 2.59. The van der Waals surface area contributed by atoms with Gasteiger partial charge in [-0.2, -0.15) is 4.98 Å². The summed E-state index contributed by atoms with van der Waals surface area (Å²) in [7, 11) is 4.57. The topological polar surface area (TPSA) is 99.8 Å². The minimum absolute atomic E-state index is 0.0115. The SMILES string of the molecule is COc1cc(CN2C(=O)Cc3c(Cl)nc(N)nc32)c(Br)c(OC)c1OC. The number of aromatic nitrogens is 2. The first-order valence-corrected chi connectivity index (χ1v) is 8.67. The van der Waals surface area contributed by atoms with Crippen molar-refractivity contribution in [1.82, 2.24) is 9.97 Å². The van der Waals surface area contributed by atoms with Gasteiger partial charge in [0.15, 0.2) is 11.5 Å². The van der Waals surface area contributed by atoms with E-state index in [9.17, 15) is 4.79 Å². The Hall–Kier alpha value is -2.26. The van der Waals surface area contributed by atoms with E-state index in [1.165, 1.54) is 26.2 Å². The third-order valence-corrected chi connectivity index (χ3v) is 5.19. The second kappa shape index (κ2) is 7.16. The summed E-state index contributed by atoms with van der Waals surface area (Å²) in [6, 6.07) is 1.77. The van der Waals surface area contributed by atoms with E-state index in [-0.39, 0.29) is 30.0 Å². The number of ether oxygens (including phenoxy) is 3. The van der Waals surface area contributed by atoms with Crippen LogP contribution < -0.4 is 24.8 Å². The van der Waals surface area contributed by atoms with Gasteiger partial charge in [-0.25, -0.2) is 4.98 Å². The molecule has 1 aliphatic heterocycles. The molecule has 2 heterocycles. The first kappa shape index (κ1) is 18.5. The average molecular weight is 444 g/mol. The summed E-state index contributed by atoms with van der Waals surface area (Å²) in [4.78, 5) is 22.1. The molecule has 138 valence electrons. The predicted molar refractivity (Wildman–Crippen MR) is 100 cm³/mol. The Morgan fingerprint density at radius 1 is 1.23 bits per heavy atom. The van der Waals surface area contributed by atoms with Crippen LogP contribution in [0.1, 0.15) is 11.1 Å². The molecule has 0 aliphatic carbocycles. The van der Waals surface area contributed by atoms with Crippen molar-refractivity contribution in [1.29, 1.82) is 0 Å². The molecule has 8 nitrogen and oxygen atoms in total. The molecule has 10 heteroatoms. The van der Waals surface area contributed by atoms with Crippen molar-refractivity contribution in [3.63, 3.8) is 0 Å². The number of anilines is 2. The van der Waals surface area contributed by atoms with Gasteiger partial charge >= 0.3 is 0 Å². The Morgan fingerprint density at radius 3 is 2.54 bits per heavy atom. The zero-order valence-corrected chi connectivity index (χ0v) is 16.6. The smallest absolute Gasteiger partial charge is 0.233 e. The van der Waals surface area contributed by atoms with E-state index in [4.69, 9.17) is 31.5 Å². The Balaban J connectivity index is 2.07. The number of carbonyl (C=O) groups excluding carboxylic acids is 1. The van der Waals surface area contributed by atoms with Crippen molar-refractivity contribution in [3.8, 4) is 17.2 Å². The normalized spacial score (nSPS) is 13.0. The van der Waals surface area contributed by atoms with Crippen molar-refractivity contribution in [2.75, 3.05) is 32.0 Å². The summed E-state index contributed by atoms with van der Waals surface area (Å²) in [5, 5.41) is 0.187. The standard InChI is InChI=1S/C16H16BrClN4O4/c1-24-9-4-7(11(17)13(26-3)12(9)25-2)6-22-10(23)5-8-14(18)20-16(19)21-15(8)22/h4H,5-6H2,1-3H3,(H2,19,20,21). The molecule has 1 aromatic carbocycles. The van der Waals surface area contributed by atoms with E-state index in [1.54, 1.807) is 6.07 Å². The largest absolute Gasteiger partial charge is 0.493 e. The van der Waals surface area contributed by atoms with E-state index < -0.39 is 0 Å². The fraction of sp³-hybridized carbons (Fsp3) is 0.312. The lowest BCUT2D eigenvalue weighted by Gasteiger charge is -2.21. The number of fused-ring (bicyclic) bond motifs is 1. The van der Waals surface area contributed by atoms with Crippen LogP contribution in [-0.4, -0.2) is 37.2 Å². The summed E-state index contributed by atoms with van der Waals surface area (Å²) in [5.41, 5.74) is 6.99. The Kier molecular flexibility index (Phi) is 5.10. The molecule has 2 aromatic rings. The Labute approximate surface area is 163 Å². The summed E-state index contributed by atoms with van der Waals surface area (Å²) in [6.45, 7) is 0.218. The lowest BCUT2D eigenvalue weighted by atomic mass is 10.1. The summed E-state index contributed by atoms with van der Waals surface area (Å²) in [5.74, 6) is 1.67. The highest BCUT2D eigenvalue weighted by Gasteiger charge is 2.33. The van der Waals surface area contributed by atoms with Crippen LogP contribution in [0.15, 0.2) is 10.5 Å². The van der Waals surface area contributed by atoms with Crippen molar-refractivity contribution in [2.24, 2.45) is 0 Å². The summed E-state index contributed by atoms with van der Waals surface area (Å²) >= 11 is 9.61. The van der Waals surface area contributed by atoms with Gasteiger partial charge in [0.05, 0.1) is 38.8 Å². The molecule has 0 fully saturated rings. The van der Waals surface area contributed by atoms with Crippen molar-refractivity contribution >= 4 is 45.2 Å². The van der Waals surface area contributed by atoms with Crippen molar-refractivity contribution in [3.05, 3.63) is 26.8 Å². The molecule has 0 radical (unpaired) electrons. The molecule has 0 saturated heterocycles. The zero-order valence-electron chi connectivity index (χ0n) is 14.3. The van der Waals surface area contributed by atoms with Gasteiger partial charge < -0.3 is 19.9 Å². The molecule has 26 heavy (non-hydrogen) atoms. The van der Waals surface area contributed by atoms with Gasteiger partial charge in [0.1, 0.15) is 11.0 Å². The van der Waals surface area contributed by atoms with E-state index >= 15 is 0 Å². The fourth-order valence-electron chi connectivity index (χ4n) is 2.82. The number of halogens is 2. The van der Waals surface area contributed by atoms with Crippen LogP contribution in [0, 0.1) is 0 Å². The van der Waals surface area contributed by atoms with E-state index in [1.807, 2.05) is 0 Å². The van der Waals surface area contributed by atoms with Crippen LogP contribution >= 0.6 is 27.5 Å². The summed E-state index contributed by atoms with van der Waals surface area (Å²) in [6.07, 6.45) is 0.122. The third kappa shape index (κ3) is 3.01. The average Bonchev–Trinajstić information content (AvgIpc) is 2.92. The summed E-state index contributed by atoms with van der Waals surface area (Å²) < 4.78 is 16.8. The molecule has 3 rings (SSSR count). The zero-order chi connectivity index (χ0) is 19.0. The number of nitrogens with two attached hydrogens (primary N) is 1. The van der Waals surface area contributed by atoms with Crippen LogP contribution in [0.3, 0.4) is 0 Å². The lowest BCUT2D eigenvalue weighted by molar-refractivity contribution is -0.117. The van der Waals surface area contributed by atoms with E-state index in [0.717, 1.165) is 5.56 Å². The number of amides is 1. The quantitative estimate of drug-likeness (QED) is 0.709. The Bertz CT molecular complexity index is 893.